The van der Waals surface area contributed by atoms with Crippen LogP contribution >= 0.6 is 11.6 Å². The van der Waals surface area contributed by atoms with Crippen molar-refractivity contribution in [3.63, 3.8) is 0 Å². The number of rotatable bonds is 6. The number of nitrogens with one attached hydrogen (secondary N) is 2. The molecular weight excluding hydrogens is 406 g/mol. The van der Waals surface area contributed by atoms with Gasteiger partial charge in [0.05, 0.1) is 15.5 Å². The second kappa shape index (κ2) is 8.42. The maximum absolute atomic E-state index is 13.1. The number of carbonyl (C=O) groups excluding carboxylic acids is 2. The summed E-state index contributed by atoms with van der Waals surface area (Å²) in [5.74, 6) is -4.08. The summed E-state index contributed by atoms with van der Waals surface area (Å²) in [4.78, 5) is 23.6. The van der Waals surface area contributed by atoms with Crippen LogP contribution in [-0.4, -0.2) is 33.9 Å². The quantitative estimate of drug-likeness (QED) is 0.701. The molecule has 2 aromatic rings. The highest BCUT2D eigenvalue weighted by atomic mass is 35.5. The Morgan fingerprint density at radius 2 is 1.81 bits per heavy atom. The standard InChI is InChI=1S/C16H13ClF2N2O5S/c1-20-27(24,25)10-3-4-12(17)11(7-10)16(23)26-8-15(22)21-9-2-5-13(18)14(19)6-9/h2-7,20H,8H2,1H3,(H,21,22). The van der Waals surface area contributed by atoms with Crippen LogP contribution in [0.1, 0.15) is 10.4 Å². The molecule has 0 aliphatic heterocycles. The van der Waals surface area contributed by atoms with Gasteiger partial charge in [0.15, 0.2) is 18.2 Å². The number of halogens is 3. The average molecular weight is 419 g/mol. The zero-order valence-electron chi connectivity index (χ0n) is 13.8. The summed E-state index contributed by atoms with van der Waals surface area (Å²) in [6, 6.07) is 6.11. The number of carbonyl (C=O) groups is 2. The second-order valence-corrected chi connectivity index (χ2v) is 7.40. The molecule has 2 aromatic carbocycles. The van der Waals surface area contributed by atoms with Crippen molar-refractivity contribution < 1.29 is 31.5 Å². The van der Waals surface area contributed by atoms with Gasteiger partial charge in [-0.05, 0) is 37.4 Å². The van der Waals surface area contributed by atoms with E-state index < -0.39 is 40.1 Å². The first-order valence-electron chi connectivity index (χ1n) is 7.29. The zero-order valence-corrected chi connectivity index (χ0v) is 15.3. The van der Waals surface area contributed by atoms with Crippen molar-refractivity contribution in [1.29, 1.82) is 0 Å². The lowest BCUT2D eigenvalue weighted by Crippen LogP contribution is -2.22. The van der Waals surface area contributed by atoms with Crippen molar-refractivity contribution in [1.82, 2.24) is 4.72 Å². The van der Waals surface area contributed by atoms with Gasteiger partial charge in [-0.2, -0.15) is 0 Å². The molecule has 0 saturated heterocycles. The number of hydrogen-bond acceptors (Lipinski definition) is 5. The largest absolute Gasteiger partial charge is 0.452 e. The molecule has 1 amide bonds. The van der Waals surface area contributed by atoms with Crippen LogP contribution in [0.4, 0.5) is 14.5 Å². The highest BCUT2D eigenvalue weighted by molar-refractivity contribution is 7.89. The molecule has 0 heterocycles. The molecule has 0 aliphatic rings. The van der Waals surface area contributed by atoms with E-state index in [1.165, 1.54) is 19.2 Å². The molecule has 0 atom stereocenters. The molecule has 0 spiro atoms. The fourth-order valence-electron chi connectivity index (χ4n) is 1.93. The van der Waals surface area contributed by atoms with Crippen molar-refractivity contribution in [3.8, 4) is 0 Å². The van der Waals surface area contributed by atoms with Crippen LogP contribution in [-0.2, 0) is 19.6 Å². The van der Waals surface area contributed by atoms with E-state index >= 15 is 0 Å². The fourth-order valence-corrected chi connectivity index (χ4v) is 2.88. The Hall–Kier alpha value is -2.56. The Bertz CT molecular complexity index is 998. The first kappa shape index (κ1) is 20.7. The number of anilines is 1. The Balaban J connectivity index is 2.05. The Kier molecular flexibility index (Phi) is 6.47. The van der Waals surface area contributed by atoms with Crippen LogP contribution in [0, 0.1) is 11.6 Å². The molecule has 0 radical (unpaired) electrons. The lowest BCUT2D eigenvalue weighted by atomic mass is 10.2. The minimum absolute atomic E-state index is 0.0323. The lowest BCUT2D eigenvalue weighted by Gasteiger charge is -2.09. The smallest absolute Gasteiger partial charge is 0.340 e. The monoisotopic (exact) mass is 418 g/mol. The van der Waals surface area contributed by atoms with Gasteiger partial charge in [-0.15, -0.1) is 0 Å². The van der Waals surface area contributed by atoms with Gasteiger partial charge in [0.1, 0.15) is 0 Å². The minimum Gasteiger partial charge on any atom is -0.452 e. The summed E-state index contributed by atoms with van der Waals surface area (Å²) >= 11 is 5.87. The van der Waals surface area contributed by atoms with E-state index in [9.17, 15) is 26.8 Å². The third kappa shape index (κ3) is 5.22. The number of ether oxygens (including phenoxy) is 1. The number of hydrogen-bond donors (Lipinski definition) is 2. The predicted octanol–water partition coefficient (Wildman–Crippen LogP) is 2.32. The molecule has 2 rings (SSSR count). The van der Waals surface area contributed by atoms with Crippen molar-refractivity contribution >= 4 is 39.2 Å². The normalized spacial score (nSPS) is 11.1. The van der Waals surface area contributed by atoms with E-state index in [1.54, 1.807) is 0 Å². The van der Waals surface area contributed by atoms with Crippen LogP contribution in [0.2, 0.25) is 5.02 Å². The molecule has 0 aromatic heterocycles. The third-order valence-corrected chi connectivity index (χ3v) is 5.02. The molecule has 144 valence electrons. The maximum Gasteiger partial charge on any atom is 0.340 e. The first-order chi connectivity index (χ1) is 12.6. The van der Waals surface area contributed by atoms with Crippen LogP contribution in [0.25, 0.3) is 0 Å². The number of sulfonamides is 1. The highest BCUT2D eigenvalue weighted by Gasteiger charge is 2.19. The van der Waals surface area contributed by atoms with Gasteiger partial charge in [0.25, 0.3) is 5.91 Å². The summed E-state index contributed by atoms with van der Waals surface area (Å²) in [5, 5.41) is 2.14. The van der Waals surface area contributed by atoms with Crippen molar-refractivity contribution in [2.45, 2.75) is 4.90 Å². The van der Waals surface area contributed by atoms with Crippen LogP contribution in [0.15, 0.2) is 41.3 Å². The predicted molar refractivity (Wildman–Crippen MR) is 93.0 cm³/mol. The Morgan fingerprint density at radius 3 is 2.44 bits per heavy atom. The van der Waals surface area contributed by atoms with E-state index in [0.717, 1.165) is 24.3 Å². The molecule has 11 heteroatoms. The first-order valence-corrected chi connectivity index (χ1v) is 9.15. The van der Waals surface area contributed by atoms with Crippen molar-refractivity contribution in [3.05, 3.63) is 58.6 Å². The van der Waals surface area contributed by atoms with Gasteiger partial charge < -0.3 is 10.1 Å². The summed E-state index contributed by atoms with van der Waals surface area (Å²) in [6.07, 6.45) is 0. The van der Waals surface area contributed by atoms with Gasteiger partial charge in [-0.1, -0.05) is 11.6 Å². The molecule has 0 saturated carbocycles. The fraction of sp³-hybridized carbons (Fsp3) is 0.125. The third-order valence-electron chi connectivity index (χ3n) is 3.27. The van der Waals surface area contributed by atoms with Crippen LogP contribution < -0.4 is 10.0 Å². The average Bonchev–Trinajstić information content (AvgIpc) is 2.63. The molecule has 2 N–H and O–H groups in total. The van der Waals surface area contributed by atoms with E-state index in [2.05, 4.69) is 10.0 Å². The number of benzene rings is 2. The van der Waals surface area contributed by atoms with Gasteiger partial charge in [-0.3, -0.25) is 4.79 Å². The van der Waals surface area contributed by atoms with Gasteiger partial charge >= 0.3 is 5.97 Å². The topological polar surface area (TPSA) is 102 Å². The van der Waals surface area contributed by atoms with Crippen molar-refractivity contribution in [2.24, 2.45) is 0 Å². The lowest BCUT2D eigenvalue weighted by molar-refractivity contribution is -0.119. The summed E-state index contributed by atoms with van der Waals surface area (Å²) in [7, 11) is -2.61. The molecule has 0 bridgehead atoms. The van der Waals surface area contributed by atoms with Crippen molar-refractivity contribution in [2.75, 3.05) is 19.0 Å². The summed E-state index contributed by atoms with van der Waals surface area (Å²) in [5.41, 5.74) is -0.288. The van der Waals surface area contributed by atoms with Crippen LogP contribution in [0.3, 0.4) is 0 Å². The Morgan fingerprint density at radius 1 is 1.11 bits per heavy atom. The maximum atomic E-state index is 13.1. The minimum atomic E-state index is -3.81. The SMILES string of the molecule is CNS(=O)(=O)c1ccc(Cl)c(C(=O)OCC(=O)Nc2ccc(F)c(F)c2)c1. The molecule has 7 nitrogen and oxygen atoms in total. The second-order valence-electron chi connectivity index (χ2n) is 5.10. The zero-order chi connectivity index (χ0) is 20.2. The number of amides is 1. The highest BCUT2D eigenvalue weighted by Crippen LogP contribution is 2.21. The van der Waals surface area contributed by atoms with E-state index in [-0.39, 0.29) is 21.2 Å². The molecule has 0 aliphatic carbocycles. The molecule has 0 fully saturated rings. The van der Waals surface area contributed by atoms with Gasteiger partial charge in [0.2, 0.25) is 10.0 Å². The molecule has 27 heavy (non-hydrogen) atoms. The summed E-state index contributed by atoms with van der Waals surface area (Å²) < 4.78 is 56.4. The van der Waals surface area contributed by atoms with E-state index in [1.807, 2.05) is 0 Å². The Labute approximate surface area is 158 Å². The molecule has 0 unspecified atom stereocenters. The number of esters is 1. The van der Waals surface area contributed by atoms with E-state index in [0.29, 0.717) is 0 Å². The van der Waals surface area contributed by atoms with Gasteiger partial charge in [-0.25, -0.2) is 26.7 Å². The summed E-state index contributed by atoms with van der Waals surface area (Å²) in [6.45, 7) is -0.753. The van der Waals surface area contributed by atoms with Crippen LogP contribution in [0.5, 0.6) is 0 Å². The molecular formula is C16H13ClF2N2O5S. The van der Waals surface area contributed by atoms with Gasteiger partial charge in [0, 0.05) is 11.8 Å². The van der Waals surface area contributed by atoms with E-state index in [4.69, 9.17) is 16.3 Å².